The minimum atomic E-state index is -0.865. The number of hydrogen-bond acceptors (Lipinski definition) is 4. The van der Waals surface area contributed by atoms with Crippen molar-refractivity contribution >= 4 is 23.2 Å². The van der Waals surface area contributed by atoms with Gasteiger partial charge in [-0.3, -0.25) is 9.59 Å². The van der Waals surface area contributed by atoms with Crippen molar-refractivity contribution in [2.24, 2.45) is 5.41 Å². The van der Waals surface area contributed by atoms with Crippen LogP contribution in [0.15, 0.2) is 5.38 Å². The normalized spacial score (nSPS) is 22.4. The summed E-state index contributed by atoms with van der Waals surface area (Å²) in [6.45, 7) is 11.7. The van der Waals surface area contributed by atoms with E-state index in [2.05, 4.69) is 10.3 Å². The molecule has 1 atom stereocenters. The van der Waals surface area contributed by atoms with Gasteiger partial charge in [0.05, 0.1) is 17.2 Å². The zero-order valence-electron chi connectivity index (χ0n) is 13.5. The third-order valence-corrected chi connectivity index (χ3v) is 4.69. The molecule has 0 radical (unpaired) electrons. The number of rotatable bonds is 2. The number of thiazole rings is 1. The van der Waals surface area contributed by atoms with E-state index in [0.29, 0.717) is 6.54 Å². The van der Waals surface area contributed by atoms with E-state index in [9.17, 15) is 9.59 Å². The molecule has 1 saturated heterocycles. The molecule has 0 spiro atoms. The van der Waals surface area contributed by atoms with E-state index in [0.717, 1.165) is 10.7 Å². The number of nitrogens with zero attached hydrogens (tertiary/aromatic N) is 2. The maximum Gasteiger partial charge on any atom is 0.246 e. The molecule has 6 heteroatoms. The first-order valence-electron chi connectivity index (χ1n) is 7.07. The quantitative estimate of drug-likeness (QED) is 0.910. The first-order chi connectivity index (χ1) is 9.53. The summed E-state index contributed by atoms with van der Waals surface area (Å²) in [5, 5.41) is 5.77. The van der Waals surface area contributed by atoms with Gasteiger partial charge < -0.3 is 10.2 Å². The fraction of sp³-hybridized carbons (Fsp3) is 0.667. The van der Waals surface area contributed by atoms with E-state index in [-0.39, 0.29) is 17.2 Å². The van der Waals surface area contributed by atoms with Crippen LogP contribution in [0.2, 0.25) is 0 Å². The Labute approximate surface area is 129 Å². The summed E-state index contributed by atoms with van der Waals surface area (Å²) in [5.74, 6) is -0.160. The lowest BCUT2D eigenvalue weighted by Gasteiger charge is -2.47. The molecule has 5 nitrogen and oxygen atoms in total. The number of aromatic nitrogens is 1. The van der Waals surface area contributed by atoms with Gasteiger partial charge in [-0.05, 0) is 26.2 Å². The highest BCUT2D eigenvalue weighted by Gasteiger charge is 2.49. The van der Waals surface area contributed by atoms with Gasteiger partial charge in [0.15, 0.2) is 0 Å². The fourth-order valence-electron chi connectivity index (χ4n) is 2.43. The van der Waals surface area contributed by atoms with E-state index in [1.165, 1.54) is 0 Å². The molecule has 2 heterocycles. The molecule has 0 aromatic carbocycles. The monoisotopic (exact) mass is 309 g/mol. The molecular weight excluding hydrogens is 286 g/mol. The zero-order valence-corrected chi connectivity index (χ0v) is 14.3. The average molecular weight is 309 g/mol. The molecule has 1 aliphatic heterocycles. The summed E-state index contributed by atoms with van der Waals surface area (Å²) in [6, 6.07) is -0.502. The molecule has 2 amide bonds. The Balaban J connectivity index is 2.34. The lowest BCUT2D eigenvalue weighted by molar-refractivity contribution is -0.159. The molecule has 2 rings (SSSR count). The molecular formula is C15H23N3O2S. The Hall–Kier alpha value is -1.43. The third-order valence-electron chi connectivity index (χ3n) is 3.87. The van der Waals surface area contributed by atoms with Crippen LogP contribution in [0.3, 0.4) is 0 Å². The van der Waals surface area contributed by atoms with Gasteiger partial charge in [-0.15, -0.1) is 11.3 Å². The molecule has 0 aliphatic carbocycles. The molecule has 1 unspecified atom stereocenters. The van der Waals surface area contributed by atoms with Gasteiger partial charge in [-0.2, -0.15) is 0 Å². The van der Waals surface area contributed by atoms with Crippen LogP contribution in [-0.4, -0.2) is 33.3 Å². The number of carbonyl (C=O) groups is 2. The van der Waals surface area contributed by atoms with Crippen molar-refractivity contribution in [1.29, 1.82) is 0 Å². The Morgan fingerprint density at radius 1 is 1.38 bits per heavy atom. The Kier molecular flexibility index (Phi) is 3.86. The smallest absolute Gasteiger partial charge is 0.246 e. The Bertz CT molecular complexity index is 572. The first kappa shape index (κ1) is 15.9. The summed E-state index contributed by atoms with van der Waals surface area (Å²) in [6.07, 6.45) is 0. The molecule has 21 heavy (non-hydrogen) atoms. The van der Waals surface area contributed by atoms with E-state index >= 15 is 0 Å². The Morgan fingerprint density at radius 3 is 2.48 bits per heavy atom. The average Bonchev–Trinajstić information content (AvgIpc) is 2.74. The van der Waals surface area contributed by atoms with Gasteiger partial charge in [0, 0.05) is 5.38 Å². The largest absolute Gasteiger partial charge is 0.342 e. The SMILES string of the molecule is Cc1nc(CN2C(=O)C(C(C)(C)C)NC(=O)C2(C)C)cs1. The minimum absolute atomic E-state index is 0.0437. The van der Waals surface area contributed by atoms with Crippen molar-refractivity contribution in [3.63, 3.8) is 0 Å². The van der Waals surface area contributed by atoms with Crippen molar-refractivity contribution in [3.05, 3.63) is 16.1 Å². The predicted molar refractivity (Wildman–Crippen MR) is 82.9 cm³/mol. The van der Waals surface area contributed by atoms with Crippen LogP contribution < -0.4 is 5.32 Å². The number of hydrogen-bond donors (Lipinski definition) is 1. The number of piperazine rings is 1. The highest BCUT2D eigenvalue weighted by Crippen LogP contribution is 2.30. The Morgan fingerprint density at radius 2 is 2.00 bits per heavy atom. The lowest BCUT2D eigenvalue weighted by Crippen LogP contribution is -2.70. The van der Waals surface area contributed by atoms with Crippen LogP contribution >= 0.6 is 11.3 Å². The van der Waals surface area contributed by atoms with Crippen LogP contribution in [0.1, 0.15) is 45.3 Å². The van der Waals surface area contributed by atoms with Gasteiger partial charge >= 0.3 is 0 Å². The number of nitrogens with one attached hydrogen (secondary N) is 1. The van der Waals surface area contributed by atoms with E-state index in [4.69, 9.17) is 0 Å². The highest BCUT2D eigenvalue weighted by molar-refractivity contribution is 7.09. The summed E-state index contributed by atoms with van der Waals surface area (Å²) in [5.41, 5.74) is -0.350. The maximum atomic E-state index is 12.8. The van der Waals surface area contributed by atoms with Gasteiger partial charge in [0.25, 0.3) is 0 Å². The molecule has 1 aromatic rings. The van der Waals surface area contributed by atoms with Crippen molar-refractivity contribution in [2.75, 3.05) is 0 Å². The van der Waals surface area contributed by atoms with Crippen LogP contribution in [0.25, 0.3) is 0 Å². The molecule has 0 saturated carbocycles. The molecule has 1 N–H and O–H groups in total. The van der Waals surface area contributed by atoms with E-state index in [1.54, 1.807) is 30.1 Å². The molecule has 1 fully saturated rings. The minimum Gasteiger partial charge on any atom is -0.342 e. The summed E-state index contributed by atoms with van der Waals surface area (Å²) in [7, 11) is 0. The van der Waals surface area contributed by atoms with E-state index < -0.39 is 11.6 Å². The summed E-state index contributed by atoms with van der Waals surface area (Å²) in [4.78, 5) is 31.3. The predicted octanol–water partition coefficient (Wildman–Crippen LogP) is 2.10. The second-order valence-electron chi connectivity index (χ2n) is 7.11. The molecule has 116 valence electrons. The van der Waals surface area contributed by atoms with Crippen LogP contribution in [0, 0.1) is 12.3 Å². The number of carbonyl (C=O) groups excluding carboxylic acids is 2. The number of amides is 2. The van der Waals surface area contributed by atoms with Crippen LogP contribution in [0.4, 0.5) is 0 Å². The summed E-state index contributed by atoms with van der Waals surface area (Å²) >= 11 is 1.55. The number of aryl methyl sites for hydroxylation is 1. The van der Waals surface area contributed by atoms with Gasteiger partial charge in [-0.1, -0.05) is 20.8 Å². The summed E-state index contributed by atoms with van der Waals surface area (Å²) < 4.78 is 0. The standard InChI is InChI=1S/C15H23N3O2S/c1-9-16-10(8-21-9)7-18-12(19)11(14(2,3)4)17-13(20)15(18,5)6/h8,11H,7H2,1-6H3,(H,17,20). The molecule has 1 aliphatic rings. The molecule has 1 aromatic heterocycles. The van der Waals surface area contributed by atoms with Crippen molar-refractivity contribution in [2.45, 2.75) is 59.7 Å². The fourth-order valence-corrected chi connectivity index (χ4v) is 3.03. The molecule has 0 bridgehead atoms. The lowest BCUT2D eigenvalue weighted by atomic mass is 9.82. The van der Waals surface area contributed by atoms with Crippen LogP contribution in [0.5, 0.6) is 0 Å². The van der Waals surface area contributed by atoms with Crippen molar-refractivity contribution in [3.8, 4) is 0 Å². The third kappa shape index (κ3) is 2.95. The van der Waals surface area contributed by atoms with Gasteiger partial charge in [-0.25, -0.2) is 4.98 Å². The first-order valence-corrected chi connectivity index (χ1v) is 7.95. The second kappa shape index (κ2) is 5.09. The van der Waals surface area contributed by atoms with Crippen molar-refractivity contribution < 1.29 is 9.59 Å². The second-order valence-corrected chi connectivity index (χ2v) is 8.18. The van der Waals surface area contributed by atoms with Gasteiger partial charge in [0.1, 0.15) is 11.6 Å². The van der Waals surface area contributed by atoms with E-state index in [1.807, 2.05) is 33.1 Å². The topological polar surface area (TPSA) is 62.3 Å². The highest BCUT2D eigenvalue weighted by atomic mass is 32.1. The zero-order chi connectivity index (χ0) is 16.0. The maximum absolute atomic E-state index is 12.8. The van der Waals surface area contributed by atoms with Crippen molar-refractivity contribution in [1.82, 2.24) is 15.2 Å². The van der Waals surface area contributed by atoms with Crippen LogP contribution in [-0.2, 0) is 16.1 Å². The van der Waals surface area contributed by atoms with Gasteiger partial charge in [0.2, 0.25) is 11.8 Å².